The lowest BCUT2D eigenvalue weighted by Gasteiger charge is -2.26. The van der Waals surface area contributed by atoms with Crippen LogP contribution in [0.3, 0.4) is 0 Å². The molecule has 1 aliphatic heterocycles. The Morgan fingerprint density at radius 2 is 2.33 bits per heavy atom. The molecule has 0 N–H and O–H groups in total. The molecular formula is C13H19BrFN3. The second-order valence-electron chi connectivity index (χ2n) is 4.63. The van der Waals surface area contributed by atoms with Crippen molar-refractivity contribution in [1.29, 1.82) is 0 Å². The van der Waals surface area contributed by atoms with Crippen molar-refractivity contribution in [3.8, 4) is 0 Å². The van der Waals surface area contributed by atoms with Gasteiger partial charge in [-0.2, -0.15) is 0 Å². The van der Waals surface area contributed by atoms with E-state index in [0.29, 0.717) is 24.0 Å². The van der Waals surface area contributed by atoms with Crippen LogP contribution in [0, 0.1) is 5.82 Å². The lowest BCUT2D eigenvalue weighted by molar-refractivity contribution is 0.557. The van der Waals surface area contributed by atoms with Crippen LogP contribution in [0.5, 0.6) is 0 Å². The Labute approximate surface area is 116 Å². The monoisotopic (exact) mass is 315 g/mol. The minimum absolute atomic E-state index is 0.231. The van der Waals surface area contributed by atoms with E-state index in [9.17, 15) is 4.39 Å². The third kappa shape index (κ3) is 2.82. The van der Waals surface area contributed by atoms with Crippen LogP contribution in [-0.2, 0) is 6.42 Å². The topological polar surface area (TPSA) is 29.0 Å². The summed E-state index contributed by atoms with van der Waals surface area (Å²) >= 11 is 3.45. The highest BCUT2D eigenvalue weighted by Crippen LogP contribution is 2.29. The van der Waals surface area contributed by atoms with Crippen molar-refractivity contribution in [1.82, 2.24) is 9.97 Å². The first-order chi connectivity index (χ1) is 8.77. The van der Waals surface area contributed by atoms with E-state index in [1.54, 1.807) is 0 Å². The molecule has 0 radical (unpaired) electrons. The van der Waals surface area contributed by atoms with Crippen molar-refractivity contribution in [2.24, 2.45) is 0 Å². The standard InChI is InChI=1S/C13H19BrFN3/c1-2-11-12(15)13(17-9-16-11)18-8-4-6-10(18)5-3-7-14/h9-10H,2-8H2,1H3. The molecule has 0 bridgehead atoms. The molecular weight excluding hydrogens is 297 g/mol. The van der Waals surface area contributed by atoms with Gasteiger partial charge in [-0.1, -0.05) is 22.9 Å². The summed E-state index contributed by atoms with van der Waals surface area (Å²) in [5.41, 5.74) is 0.520. The van der Waals surface area contributed by atoms with Crippen LogP contribution in [0.1, 0.15) is 38.3 Å². The third-order valence-electron chi connectivity index (χ3n) is 3.50. The number of aryl methyl sites for hydroxylation is 1. The molecule has 2 heterocycles. The number of aromatic nitrogens is 2. The Bertz CT molecular complexity index is 400. The average molecular weight is 316 g/mol. The molecule has 1 atom stereocenters. The van der Waals surface area contributed by atoms with Crippen LogP contribution in [0.2, 0.25) is 0 Å². The van der Waals surface area contributed by atoms with Crippen molar-refractivity contribution >= 4 is 21.7 Å². The third-order valence-corrected chi connectivity index (χ3v) is 4.06. The second kappa shape index (κ2) is 6.45. The molecule has 1 unspecified atom stereocenters. The molecule has 1 aliphatic rings. The fourth-order valence-corrected chi connectivity index (χ4v) is 2.89. The lowest BCUT2D eigenvalue weighted by atomic mass is 10.1. The van der Waals surface area contributed by atoms with Crippen LogP contribution in [0.4, 0.5) is 10.2 Å². The van der Waals surface area contributed by atoms with Gasteiger partial charge in [0.15, 0.2) is 11.6 Å². The van der Waals surface area contributed by atoms with Crippen LogP contribution < -0.4 is 4.90 Å². The van der Waals surface area contributed by atoms with Gasteiger partial charge >= 0.3 is 0 Å². The molecule has 5 heteroatoms. The number of nitrogens with zero attached hydrogens (tertiary/aromatic N) is 3. The molecule has 18 heavy (non-hydrogen) atoms. The number of halogens is 2. The fraction of sp³-hybridized carbons (Fsp3) is 0.692. The van der Waals surface area contributed by atoms with E-state index in [-0.39, 0.29) is 5.82 Å². The summed E-state index contributed by atoms with van der Waals surface area (Å²) in [5.74, 6) is 0.268. The number of alkyl halides is 1. The van der Waals surface area contributed by atoms with Gasteiger partial charge in [-0.15, -0.1) is 0 Å². The molecule has 3 nitrogen and oxygen atoms in total. The second-order valence-corrected chi connectivity index (χ2v) is 5.43. The number of anilines is 1. The highest BCUT2D eigenvalue weighted by Gasteiger charge is 2.28. The van der Waals surface area contributed by atoms with Crippen molar-refractivity contribution in [2.75, 3.05) is 16.8 Å². The van der Waals surface area contributed by atoms with E-state index in [4.69, 9.17) is 0 Å². The van der Waals surface area contributed by atoms with Crippen LogP contribution in [-0.4, -0.2) is 27.9 Å². The Morgan fingerprint density at radius 1 is 1.50 bits per heavy atom. The van der Waals surface area contributed by atoms with E-state index in [1.165, 1.54) is 6.33 Å². The maximum atomic E-state index is 14.2. The minimum atomic E-state index is -0.231. The zero-order chi connectivity index (χ0) is 13.0. The summed E-state index contributed by atoms with van der Waals surface area (Å²) in [6, 6.07) is 0.427. The van der Waals surface area contributed by atoms with E-state index < -0.39 is 0 Å². The van der Waals surface area contributed by atoms with Gasteiger partial charge in [0, 0.05) is 17.9 Å². The van der Waals surface area contributed by atoms with Crippen molar-refractivity contribution < 1.29 is 4.39 Å². The number of hydrogen-bond acceptors (Lipinski definition) is 3. The summed E-state index contributed by atoms with van der Waals surface area (Å²) in [6.07, 6.45) is 6.57. The van der Waals surface area contributed by atoms with Crippen LogP contribution >= 0.6 is 15.9 Å². The largest absolute Gasteiger partial charge is 0.351 e. The normalized spacial score (nSPS) is 19.5. The first kappa shape index (κ1) is 13.7. The summed E-state index contributed by atoms with van der Waals surface area (Å²) in [7, 11) is 0. The van der Waals surface area contributed by atoms with E-state index >= 15 is 0 Å². The zero-order valence-corrected chi connectivity index (χ0v) is 12.3. The molecule has 1 saturated heterocycles. The molecule has 0 aromatic carbocycles. The average Bonchev–Trinajstić information content (AvgIpc) is 2.84. The van der Waals surface area contributed by atoms with Gasteiger partial charge in [-0.25, -0.2) is 14.4 Å². The fourth-order valence-electron chi connectivity index (χ4n) is 2.57. The molecule has 0 amide bonds. The summed E-state index contributed by atoms with van der Waals surface area (Å²) in [4.78, 5) is 10.3. The molecule has 2 rings (SSSR count). The number of rotatable bonds is 5. The van der Waals surface area contributed by atoms with Gasteiger partial charge in [-0.05, 0) is 32.1 Å². The Balaban J connectivity index is 2.19. The predicted octanol–water partition coefficient (Wildman–Crippen LogP) is 3.32. The summed E-state index contributed by atoms with van der Waals surface area (Å²) in [5, 5.41) is 1.00. The smallest absolute Gasteiger partial charge is 0.187 e. The van der Waals surface area contributed by atoms with Crippen LogP contribution in [0.15, 0.2) is 6.33 Å². The molecule has 100 valence electrons. The van der Waals surface area contributed by atoms with Crippen molar-refractivity contribution in [3.05, 3.63) is 17.8 Å². The highest BCUT2D eigenvalue weighted by atomic mass is 79.9. The van der Waals surface area contributed by atoms with Gasteiger partial charge in [0.25, 0.3) is 0 Å². The van der Waals surface area contributed by atoms with E-state index in [1.807, 2.05) is 6.92 Å². The highest BCUT2D eigenvalue weighted by molar-refractivity contribution is 9.09. The van der Waals surface area contributed by atoms with E-state index in [0.717, 1.165) is 37.6 Å². The molecule has 1 aromatic rings. The van der Waals surface area contributed by atoms with Gasteiger partial charge in [0.05, 0.1) is 5.69 Å². The predicted molar refractivity (Wildman–Crippen MR) is 74.8 cm³/mol. The first-order valence-electron chi connectivity index (χ1n) is 6.60. The number of hydrogen-bond donors (Lipinski definition) is 0. The zero-order valence-electron chi connectivity index (χ0n) is 10.7. The first-order valence-corrected chi connectivity index (χ1v) is 7.72. The summed E-state index contributed by atoms with van der Waals surface area (Å²) in [6.45, 7) is 2.82. The maximum absolute atomic E-state index is 14.2. The Morgan fingerprint density at radius 3 is 3.06 bits per heavy atom. The quantitative estimate of drug-likeness (QED) is 0.780. The maximum Gasteiger partial charge on any atom is 0.187 e. The molecule has 1 fully saturated rings. The van der Waals surface area contributed by atoms with Gasteiger partial charge in [0.2, 0.25) is 0 Å². The molecule has 0 saturated carbocycles. The Kier molecular flexibility index (Phi) is 4.92. The SMILES string of the molecule is CCc1ncnc(N2CCCC2CCCBr)c1F. The molecule has 0 spiro atoms. The lowest BCUT2D eigenvalue weighted by Crippen LogP contribution is -2.31. The summed E-state index contributed by atoms with van der Waals surface area (Å²) < 4.78 is 14.2. The minimum Gasteiger partial charge on any atom is -0.351 e. The van der Waals surface area contributed by atoms with Gasteiger partial charge < -0.3 is 4.90 Å². The van der Waals surface area contributed by atoms with Gasteiger partial charge in [0.1, 0.15) is 6.33 Å². The Hall–Kier alpha value is -0.710. The van der Waals surface area contributed by atoms with E-state index in [2.05, 4.69) is 30.8 Å². The van der Waals surface area contributed by atoms with Crippen molar-refractivity contribution in [3.63, 3.8) is 0 Å². The van der Waals surface area contributed by atoms with Gasteiger partial charge in [-0.3, -0.25) is 0 Å². The molecule has 1 aromatic heterocycles. The van der Waals surface area contributed by atoms with Crippen molar-refractivity contribution in [2.45, 2.75) is 45.1 Å². The van der Waals surface area contributed by atoms with Crippen LogP contribution in [0.25, 0.3) is 0 Å². The molecule has 0 aliphatic carbocycles.